The van der Waals surface area contributed by atoms with Crippen LogP contribution in [0.1, 0.15) is 16.1 Å². The highest BCUT2D eigenvalue weighted by atomic mass is 35.5. The molecule has 1 atom stereocenters. The second-order valence-corrected chi connectivity index (χ2v) is 4.83. The van der Waals surface area contributed by atoms with E-state index in [0.29, 0.717) is 10.8 Å². The van der Waals surface area contributed by atoms with Crippen LogP contribution < -0.4 is 15.4 Å². The summed E-state index contributed by atoms with van der Waals surface area (Å²) in [6.45, 7) is 2.83. The topological polar surface area (TPSA) is 50.4 Å². The molecular formula is C11H17ClN2O2S. The Morgan fingerprint density at radius 1 is 1.71 bits per heavy atom. The summed E-state index contributed by atoms with van der Waals surface area (Å²) in [6, 6.07) is 1.77. The van der Waals surface area contributed by atoms with Gasteiger partial charge in [-0.15, -0.1) is 23.7 Å². The molecule has 0 saturated carbocycles. The van der Waals surface area contributed by atoms with Crippen molar-refractivity contribution in [1.29, 1.82) is 0 Å². The van der Waals surface area contributed by atoms with Crippen LogP contribution in [0.25, 0.3) is 0 Å². The molecule has 0 bridgehead atoms. The van der Waals surface area contributed by atoms with Gasteiger partial charge in [0.2, 0.25) is 0 Å². The van der Waals surface area contributed by atoms with Crippen LogP contribution in [0.2, 0.25) is 0 Å². The first-order valence-electron chi connectivity index (χ1n) is 5.41. The van der Waals surface area contributed by atoms with E-state index in [0.717, 1.165) is 31.8 Å². The number of methoxy groups -OCH3 is 1. The van der Waals surface area contributed by atoms with E-state index in [4.69, 9.17) is 4.74 Å². The van der Waals surface area contributed by atoms with Crippen molar-refractivity contribution in [2.45, 2.75) is 6.42 Å². The van der Waals surface area contributed by atoms with Gasteiger partial charge in [-0.1, -0.05) is 0 Å². The number of carbonyl (C=O) groups excluding carboxylic acids is 1. The zero-order valence-corrected chi connectivity index (χ0v) is 11.3. The standard InChI is InChI=1S/C11H16N2O2S.ClH/c1-15-9-4-10(16-7-9)11(14)13-6-8-2-3-12-5-8;/h4,7-8,12H,2-3,5-6H2,1H3,(H,13,14);1H. The van der Waals surface area contributed by atoms with Gasteiger partial charge in [0.1, 0.15) is 5.75 Å². The van der Waals surface area contributed by atoms with Crippen LogP contribution in [0.3, 0.4) is 0 Å². The van der Waals surface area contributed by atoms with Crippen molar-refractivity contribution in [1.82, 2.24) is 10.6 Å². The minimum atomic E-state index is 0. The van der Waals surface area contributed by atoms with Crippen LogP contribution in [0.4, 0.5) is 0 Å². The van der Waals surface area contributed by atoms with E-state index in [2.05, 4.69) is 10.6 Å². The molecule has 2 heterocycles. The van der Waals surface area contributed by atoms with E-state index < -0.39 is 0 Å². The molecule has 1 amide bonds. The van der Waals surface area contributed by atoms with Gasteiger partial charge < -0.3 is 15.4 Å². The van der Waals surface area contributed by atoms with Crippen LogP contribution >= 0.6 is 23.7 Å². The summed E-state index contributed by atoms with van der Waals surface area (Å²) in [4.78, 5) is 12.5. The van der Waals surface area contributed by atoms with E-state index in [9.17, 15) is 4.79 Å². The van der Waals surface area contributed by atoms with Gasteiger partial charge in [-0.05, 0) is 25.4 Å². The molecule has 1 fully saturated rings. The Morgan fingerprint density at radius 3 is 3.12 bits per heavy atom. The molecule has 2 N–H and O–H groups in total. The first-order valence-corrected chi connectivity index (χ1v) is 6.29. The van der Waals surface area contributed by atoms with Gasteiger partial charge in [0.05, 0.1) is 12.0 Å². The maximum atomic E-state index is 11.8. The van der Waals surface area contributed by atoms with Gasteiger partial charge in [-0.25, -0.2) is 0 Å². The average Bonchev–Trinajstić information content (AvgIpc) is 2.96. The summed E-state index contributed by atoms with van der Waals surface area (Å²) in [5.74, 6) is 1.32. The Balaban J connectivity index is 0.00000144. The van der Waals surface area contributed by atoms with Gasteiger partial charge >= 0.3 is 0 Å². The summed E-state index contributed by atoms with van der Waals surface area (Å²) < 4.78 is 5.04. The number of thiophene rings is 1. The largest absolute Gasteiger partial charge is 0.496 e. The van der Waals surface area contributed by atoms with Crippen molar-refractivity contribution >= 4 is 29.7 Å². The Kier molecular flexibility index (Phi) is 5.74. The van der Waals surface area contributed by atoms with E-state index in [1.807, 2.05) is 5.38 Å². The molecule has 4 nitrogen and oxygen atoms in total. The number of amides is 1. The zero-order valence-electron chi connectivity index (χ0n) is 9.69. The van der Waals surface area contributed by atoms with E-state index in [1.165, 1.54) is 11.3 Å². The highest BCUT2D eigenvalue weighted by molar-refractivity contribution is 7.12. The Morgan fingerprint density at radius 2 is 2.53 bits per heavy atom. The zero-order chi connectivity index (χ0) is 11.4. The molecular weight excluding hydrogens is 260 g/mol. The molecule has 0 spiro atoms. The number of halogens is 1. The number of ether oxygens (including phenoxy) is 1. The van der Waals surface area contributed by atoms with Crippen molar-refractivity contribution < 1.29 is 9.53 Å². The summed E-state index contributed by atoms with van der Waals surface area (Å²) >= 11 is 1.41. The molecule has 0 radical (unpaired) electrons. The fourth-order valence-electron chi connectivity index (χ4n) is 1.76. The van der Waals surface area contributed by atoms with Gasteiger partial charge in [-0.2, -0.15) is 0 Å². The quantitative estimate of drug-likeness (QED) is 0.877. The lowest BCUT2D eigenvalue weighted by Crippen LogP contribution is -2.29. The van der Waals surface area contributed by atoms with Crippen molar-refractivity contribution in [2.24, 2.45) is 5.92 Å². The van der Waals surface area contributed by atoms with Crippen LogP contribution in [-0.4, -0.2) is 32.7 Å². The molecule has 1 aliphatic rings. The molecule has 6 heteroatoms. The van der Waals surface area contributed by atoms with Crippen molar-refractivity contribution in [3.05, 3.63) is 16.3 Å². The molecule has 1 unspecified atom stereocenters. The fraction of sp³-hybridized carbons (Fsp3) is 0.545. The normalized spacial score (nSPS) is 18.5. The molecule has 1 aromatic rings. The lowest BCUT2D eigenvalue weighted by molar-refractivity contribution is 0.0952. The summed E-state index contributed by atoms with van der Waals surface area (Å²) in [7, 11) is 1.61. The summed E-state index contributed by atoms with van der Waals surface area (Å²) in [5, 5.41) is 8.07. The maximum absolute atomic E-state index is 11.8. The maximum Gasteiger partial charge on any atom is 0.261 e. The predicted octanol–water partition coefficient (Wildman–Crippen LogP) is 1.52. The molecule has 0 aliphatic carbocycles. The lowest BCUT2D eigenvalue weighted by atomic mass is 10.1. The van der Waals surface area contributed by atoms with Crippen LogP contribution in [0.5, 0.6) is 5.75 Å². The Bertz CT molecular complexity index is 364. The van der Waals surface area contributed by atoms with Crippen LogP contribution in [0.15, 0.2) is 11.4 Å². The minimum Gasteiger partial charge on any atom is -0.496 e. The van der Waals surface area contributed by atoms with Crippen LogP contribution in [0, 0.1) is 5.92 Å². The van der Waals surface area contributed by atoms with E-state index in [-0.39, 0.29) is 18.3 Å². The number of hydrogen-bond donors (Lipinski definition) is 2. The smallest absolute Gasteiger partial charge is 0.261 e. The third-order valence-corrected chi connectivity index (χ3v) is 3.66. The third-order valence-electron chi connectivity index (χ3n) is 2.75. The summed E-state index contributed by atoms with van der Waals surface area (Å²) in [5.41, 5.74) is 0. The van der Waals surface area contributed by atoms with Crippen molar-refractivity contribution in [2.75, 3.05) is 26.7 Å². The third kappa shape index (κ3) is 3.87. The fourth-order valence-corrected chi connectivity index (χ4v) is 2.53. The molecule has 1 aliphatic heterocycles. The van der Waals surface area contributed by atoms with Gasteiger partial charge in [0.25, 0.3) is 5.91 Å². The van der Waals surface area contributed by atoms with Crippen molar-refractivity contribution in [3.8, 4) is 5.75 Å². The minimum absolute atomic E-state index is 0. The van der Waals surface area contributed by atoms with Gasteiger partial charge in [-0.3, -0.25) is 4.79 Å². The molecule has 1 aromatic heterocycles. The average molecular weight is 277 g/mol. The van der Waals surface area contributed by atoms with Gasteiger partial charge in [0.15, 0.2) is 0 Å². The van der Waals surface area contributed by atoms with E-state index >= 15 is 0 Å². The molecule has 0 aromatic carbocycles. The Hall–Kier alpha value is -0.780. The monoisotopic (exact) mass is 276 g/mol. The molecule has 2 rings (SSSR count). The van der Waals surface area contributed by atoms with Crippen LogP contribution in [-0.2, 0) is 0 Å². The Labute approximate surface area is 111 Å². The lowest BCUT2D eigenvalue weighted by Gasteiger charge is -2.08. The second kappa shape index (κ2) is 6.83. The molecule has 1 saturated heterocycles. The number of nitrogens with one attached hydrogen (secondary N) is 2. The predicted molar refractivity (Wildman–Crippen MR) is 71.4 cm³/mol. The van der Waals surface area contributed by atoms with E-state index in [1.54, 1.807) is 13.2 Å². The number of hydrogen-bond acceptors (Lipinski definition) is 4. The highest BCUT2D eigenvalue weighted by Gasteiger charge is 2.16. The first kappa shape index (κ1) is 14.3. The van der Waals surface area contributed by atoms with Gasteiger partial charge in [0, 0.05) is 18.0 Å². The molecule has 96 valence electrons. The highest BCUT2D eigenvalue weighted by Crippen LogP contribution is 2.20. The first-order chi connectivity index (χ1) is 7.79. The molecule has 17 heavy (non-hydrogen) atoms. The second-order valence-electron chi connectivity index (χ2n) is 3.92. The number of carbonyl (C=O) groups is 1. The number of rotatable bonds is 4. The summed E-state index contributed by atoms with van der Waals surface area (Å²) in [6.07, 6.45) is 1.15. The SMILES string of the molecule is COc1csc(C(=O)NCC2CCNC2)c1.Cl. The van der Waals surface area contributed by atoms with Crippen molar-refractivity contribution in [3.63, 3.8) is 0 Å².